The highest BCUT2D eigenvalue weighted by Crippen LogP contribution is 2.27. The van der Waals surface area contributed by atoms with Crippen molar-refractivity contribution in [3.63, 3.8) is 0 Å². The van der Waals surface area contributed by atoms with Crippen LogP contribution in [0, 0.1) is 0 Å². The minimum atomic E-state index is -0.288. The normalized spacial score (nSPS) is 10.8. The van der Waals surface area contributed by atoms with E-state index in [4.69, 9.17) is 14.2 Å². The van der Waals surface area contributed by atoms with Gasteiger partial charge in [-0.25, -0.2) is 5.43 Å². The molecule has 1 amide bonds. The number of nitrogens with one attached hydrogen (secondary N) is 1. The van der Waals surface area contributed by atoms with E-state index in [1.54, 1.807) is 31.0 Å². The monoisotopic (exact) mass is 442 g/mol. The number of ether oxygens (including phenoxy) is 3. The van der Waals surface area contributed by atoms with Gasteiger partial charge >= 0.3 is 0 Å². The molecule has 0 saturated heterocycles. The van der Waals surface area contributed by atoms with Crippen LogP contribution < -0.4 is 19.6 Å². The molecule has 3 aromatic rings. The summed E-state index contributed by atoms with van der Waals surface area (Å²) in [4.78, 5) is 12.1. The van der Waals surface area contributed by atoms with Gasteiger partial charge in [-0.2, -0.15) is 9.78 Å². The highest BCUT2D eigenvalue weighted by atomic mass is 32.2. The van der Waals surface area contributed by atoms with Crippen molar-refractivity contribution in [3.8, 4) is 22.9 Å². The van der Waals surface area contributed by atoms with Crippen molar-refractivity contribution in [1.82, 2.24) is 25.6 Å². The number of carbonyl (C=O) groups is 1. The molecule has 0 aliphatic rings. The van der Waals surface area contributed by atoms with E-state index in [1.807, 2.05) is 37.3 Å². The number of rotatable bonds is 10. The van der Waals surface area contributed by atoms with Gasteiger partial charge in [-0.3, -0.25) is 4.79 Å². The van der Waals surface area contributed by atoms with Crippen molar-refractivity contribution in [2.24, 2.45) is 5.10 Å². The van der Waals surface area contributed by atoms with Gasteiger partial charge in [0.2, 0.25) is 5.16 Å². The second kappa shape index (κ2) is 11.0. The lowest BCUT2D eigenvalue weighted by atomic mass is 10.2. The van der Waals surface area contributed by atoms with Crippen LogP contribution in [0.5, 0.6) is 17.2 Å². The van der Waals surface area contributed by atoms with Crippen LogP contribution in [0.3, 0.4) is 0 Å². The minimum Gasteiger partial charge on any atom is -0.497 e. The lowest BCUT2D eigenvalue weighted by Gasteiger charge is -2.09. The number of methoxy groups -OCH3 is 2. The Morgan fingerprint density at radius 3 is 2.68 bits per heavy atom. The summed E-state index contributed by atoms with van der Waals surface area (Å²) in [5, 5.41) is 16.1. The van der Waals surface area contributed by atoms with Gasteiger partial charge < -0.3 is 14.2 Å². The SMILES string of the molecule is CCOc1ccc(C=NNC(=O)CSc2nnnn2-c2ccc(OC)cc2)cc1OC. The van der Waals surface area contributed by atoms with Gasteiger partial charge in [-0.1, -0.05) is 11.8 Å². The molecule has 0 aliphatic carbocycles. The molecule has 0 saturated carbocycles. The van der Waals surface area contributed by atoms with E-state index in [0.29, 0.717) is 23.3 Å². The largest absolute Gasteiger partial charge is 0.497 e. The summed E-state index contributed by atoms with van der Waals surface area (Å²) < 4.78 is 17.5. The molecule has 11 heteroatoms. The molecule has 31 heavy (non-hydrogen) atoms. The Labute approximate surface area is 183 Å². The zero-order valence-corrected chi connectivity index (χ0v) is 18.1. The lowest BCUT2D eigenvalue weighted by Crippen LogP contribution is -2.20. The maximum Gasteiger partial charge on any atom is 0.250 e. The summed E-state index contributed by atoms with van der Waals surface area (Å²) in [6, 6.07) is 12.7. The van der Waals surface area contributed by atoms with Crippen LogP contribution in [0.15, 0.2) is 52.7 Å². The standard InChI is InChI=1S/C20H22N6O4S/c1-4-30-17-10-5-14(11-18(17)29-3)12-21-22-19(27)13-31-20-23-24-25-26(20)15-6-8-16(28-2)9-7-15/h5-12H,4,13H2,1-3H3,(H,22,27). The number of carbonyl (C=O) groups excluding carboxylic acids is 1. The average molecular weight is 443 g/mol. The molecule has 3 rings (SSSR count). The van der Waals surface area contributed by atoms with Crippen molar-refractivity contribution in [3.05, 3.63) is 48.0 Å². The maximum atomic E-state index is 12.1. The zero-order chi connectivity index (χ0) is 22.1. The third kappa shape index (κ3) is 5.95. The Bertz CT molecular complexity index is 1040. The predicted molar refractivity (Wildman–Crippen MR) is 116 cm³/mol. The topological polar surface area (TPSA) is 113 Å². The van der Waals surface area contributed by atoms with Crippen LogP contribution >= 0.6 is 11.8 Å². The van der Waals surface area contributed by atoms with E-state index in [0.717, 1.165) is 17.0 Å². The second-order valence-electron chi connectivity index (χ2n) is 6.00. The van der Waals surface area contributed by atoms with E-state index < -0.39 is 0 Å². The van der Waals surface area contributed by atoms with Crippen LogP contribution in [0.4, 0.5) is 0 Å². The summed E-state index contributed by atoms with van der Waals surface area (Å²) in [5.74, 6) is 1.78. The zero-order valence-electron chi connectivity index (χ0n) is 17.3. The Morgan fingerprint density at radius 1 is 1.16 bits per heavy atom. The highest BCUT2D eigenvalue weighted by molar-refractivity contribution is 7.99. The molecule has 0 spiro atoms. The predicted octanol–water partition coefficient (Wildman–Crippen LogP) is 2.32. The molecule has 2 aromatic carbocycles. The van der Waals surface area contributed by atoms with E-state index in [2.05, 4.69) is 26.1 Å². The van der Waals surface area contributed by atoms with E-state index in [9.17, 15) is 4.79 Å². The van der Waals surface area contributed by atoms with Gasteiger partial charge in [0.25, 0.3) is 5.91 Å². The van der Waals surface area contributed by atoms with Crippen molar-refractivity contribution >= 4 is 23.9 Å². The van der Waals surface area contributed by atoms with Gasteiger partial charge in [-0.15, -0.1) is 5.10 Å². The summed E-state index contributed by atoms with van der Waals surface area (Å²) in [6.45, 7) is 2.44. The number of thioether (sulfide) groups is 1. The number of amides is 1. The highest BCUT2D eigenvalue weighted by Gasteiger charge is 2.11. The van der Waals surface area contributed by atoms with Gasteiger partial charge in [0, 0.05) is 0 Å². The van der Waals surface area contributed by atoms with Crippen LogP contribution in [0.2, 0.25) is 0 Å². The molecule has 0 fully saturated rings. The Hall–Kier alpha value is -3.60. The van der Waals surface area contributed by atoms with Crippen molar-refractivity contribution in [2.45, 2.75) is 12.1 Å². The van der Waals surface area contributed by atoms with Crippen LogP contribution in [0.1, 0.15) is 12.5 Å². The fourth-order valence-corrected chi connectivity index (χ4v) is 3.22. The number of aromatic nitrogens is 4. The van der Waals surface area contributed by atoms with Crippen molar-refractivity contribution < 1.29 is 19.0 Å². The molecule has 0 bridgehead atoms. The third-order valence-electron chi connectivity index (χ3n) is 3.98. The number of nitrogens with zero attached hydrogens (tertiary/aromatic N) is 5. The molecule has 0 unspecified atom stereocenters. The molecule has 0 aliphatic heterocycles. The first-order valence-electron chi connectivity index (χ1n) is 9.33. The average Bonchev–Trinajstić information content (AvgIpc) is 3.27. The maximum absolute atomic E-state index is 12.1. The summed E-state index contributed by atoms with van der Waals surface area (Å²) in [6.07, 6.45) is 1.53. The summed E-state index contributed by atoms with van der Waals surface area (Å²) in [7, 11) is 3.16. The van der Waals surface area contributed by atoms with Gasteiger partial charge in [-0.05, 0) is 65.4 Å². The fraction of sp³-hybridized carbons (Fsp3) is 0.250. The fourth-order valence-electron chi connectivity index (χ4n) is 2.53. The van der Waals surface area contributed by atoms with Crippen LogP contribution in [-0.4, -0.2) is 58.9 Å². The summed E-state index contributed by atoms with van der Waals surface area (Å²) >= 11 is 1.20. The smallest absolute Gasteiger partial charge is 0.250 e. The molecule has 162 valence electrons. The molecular weight excluding hydrogens is 420 g/mol. The van der Waals surface area contributed by atoms with E-state index in [1.165, 1.54) is 18.0 Å². The molecule has 0 atom stereocenters. The quantitative estimate of drug-likeness (QED) is 0.289. The number of benzene rings is 2. The van der Waals surface area contributed by atoms with Crippen LogP contribution in [0.25, 0.3) is 5.69 Å². The van der Waals surface area contributed by atoms with Crippen LogP contribution in [-0.2, 0) is 4.79 Å². The molecule has 10 nitrogen and oxygen atoms in total. The molecule has 1 aromatic heterocycles. The number of hydrogen-bond donors (Lipinski definition) is 1. The summed E-state index contributed by atoms with van der Waals surface area (Å²) in [5.41, 5.74) is 4.01. The van der Waals surface area contributed by atoms with Gasteiger partial charge in [0.15, 0.2) is 11.5 Å². The lowest BCUT2D eigenvalue weighted by molar-refractivity contribution is -0.118. The van der Waals surface area contributed by atoms with Crippen molar-refractivity contribution in [2.75, 3.05) is 26.6 Å². The number of hydrogen-bond acceptors (Lipinski definition) is 9. The second-order valence-corrected chi connectivity index (χ2v) is 6.94. The first-order chi connectivity index (χ1) is 15.1. The van der Waals surface area contributed by atoms with E-state index >= 15 is 0 Å². The first kappa shape index (κ1) is 22.1. The van der Waals surface area contributed by atoms with Crippen molar-refractivity contribution in [1.29, 1.82) is 0 Å². The van der Waals surface area contributed by atoms with E-state index in [-0.39, 0.29) is 11.7 Å². The van der Waals surface area contributed by atoms with Gasteiger partial charge in [0.1, 0.15) is 5.75 Å². The first-order valence-corrected chi connectivity index (χ1v) is 10.3. The Balaban J connectivity index is 1.55. The molecule has 1 heterocycles. The number of hydrazone groups is 1. The molecule has 1 N–H and O–H groups in total. The third-order valence-corrected chi connectivity index (χ3v) is 4.90. The Kier molecular flexibility index (Phi) is 7.82. The molecular formula is C20H22N6O4S. The molecule has 0 radical (unpaired) electrons. The van der Waals surface area contributed by atoms with Gasteiger partial charge in [0.05, 0.1) is 38.5 Å². The number of tetrazole rings is 1. The minimum absolute atomic E-state index is 0.0977. The Morgan fingerprint density at radius 2 is 1.97 bits per heavy atom.